The maximum absolute atomic E-state index is 11.6. The monoisotopic (exact) mass is 240 g/mol. The van der Waals surface area contributed by atoms with Gasteiger partial charge in [-0.05, 0) is 6.92 Å². The first-order valence-electron chi connectivity index (χ1n) is 5.13. The first-order chi connectivity index (χ1) is 7.82. The number of aromatic nitrogens is 2. The lowest BCUT2D eigenvalue weighted by molar-refractivity contribution is -0.138. The average molecular weight is 240 g/mol. The van der Waals surface area contributed by atoms with E-state index >= 15 is 0 Å². The number of aliphatic carboxylic acids is 1. The number of rotatable bonds is 5. The third-order valence-electron chi connectivity index (χ3n) is 2.31. The van der Waals surface area contributed by atoms with Gasteiger partial charge in [-0.2, -0.15) is 0 Å². The molecule has 0 saturated heterocycles. The molecule has 1 rings (SSSR count). The van der Waals surface area contributed by atoms with Crippen LogP contribution in [0.5, 0.6) is 0 Å². The van der Waals surface area contributed by atoms with E-state index in [1.165, 1.54) is 4.57 Å². The highest BCUT2D eigenvalue weighted by Gasteiger charge is 2.20. The van der Waals surface area contributed by atoms with E-state index in [-0.39, 0.29) is 18.0 Å². The van der Waals surface area contributed by atoms with E-state index in [2.05, 4.69) is 4.98 Å². The van der Waals surface area contributed by atoms with Crippen LogP contribution in [0, 0.1) is 0 Å². The van der Waals surface area contributed by atoms with Gasteiger partial charge >= 0.3 is 5.97 Å². The van der Waals surface area contributed by atoms with Crippen LogP contribution in [0.3, 0.4) is 0 Å². The number of carboxylic acids is 1. The Morgan fingerprint density at radius 3 is 2.59 bits per heavy atom. The zero-order valence-electron chi connectivity index (χ0n) is 9.75. The maximum atomic E-state index is 11.6. The quantitative estimate of drug-likeness (QED) is 0.561. The molecule has 0 fully saturated rings. The minimum Gasteiger partial charge on any atom is -0.480 e. The first-order valence-corrected chi connectivity index (χ1v) is 5.13. The van der Waals surface area contributed by atoms with Crippen LogP contribution in [0.25, 0.3) is 0 Å². The van der Waals surface area contributed by atoms with E-state index in [0.29, 0.717) is 5.69 Å². The van der Waals surface area contributed by atoms with Crippen molar-refractivity contribution in [2.45, 2.75) is 25.4 Å². The number of aryl methyl sites for hydroxylation is 1. The van der Waals surface area contributed by atoms with Crippen LogP contribution < -0.4 is 11.5 Å². The van der Waals surface area contributed by atoms with E-state index in [1.807, 2.05) is 0 Å². The molecule has 1 aromatic rings. The highest BCUT2D eigenvalue weighted by atomic mass is 16.4. The van der Waals surface area contributed by atoms with Crippen LogP contribution >= 0.6 is 0 Å². The second kappa shape index (κ2) is 5.07. The Morgan fingerprint density at radius 1 is 1.53 bits per heavy atom. The molecule has 7 nitrogen and oxygen atoms in total. The highest BCUT2D eigenvalue weighted by molar-refractivity contribution is 5.96. The summed E-state index contributed by atoms with van der Waals surface area (Å²) < 4.78 is 1.52. The minimum atomic E-state index is -1.10. The number of ketones is 1. The lowest BCUT2D eigenvalue weighted by atomic mass is 10.2. The van der Waals surface area contributed by atoms with E-state index < -0.39 is 18.1 Å². The molecule has 5 N–H and O–H groups in total. The molecule has 0 saturated carbocycles. The third-order valence-corrected chi connectivity index (χ3v) is 2.31. The molecule has 0 aliphatic rings. The van der Waals surface area contributed by atoms with Crippen molar-refractivity contribution in [3.8, 4) is 0 Å². The predicted molar refractivity (Wildman–Crippen MR) is 60.5 cm³/mol. The molecule has 2 atom stereocenters. The summed E-state index contributed by atoms with van der Waals surface area (Å²) in [5.74, 6) is -1.18. The summed E-state index contributed by atoms with van der Waals surface area (Å²) in [7, 11) is 1.65. The fourth-order valence-corrected chi connectivity index (χ4v) is 1.37. The molecular formula is C10H16N4O3. The number of carbonyl (C=O) groups is 2. The summed E-state index contributed by atoms with van der Waals surface area (Å²) in [5, 5.41) is 8.67. The summed E-state index contributed by atoms with van der Waals surface area (Å²) in [6, 6.07) is -1.67. The molecule has 0 aliphatic heterocycles. The maximum Gasteiger partial charge on any atom is 0.320 e. The van der Waals surface area contributed by atoms with Crippen LogP contribution in [0.15, 0.2) is 6.20 Å². The third kappa shape index (κ3) is 3.11. The molecule has 2 unspecified atom stereocenters. The van der Waals surface area contributed by atoms with Crippen molar-refractivity contribution in [2.75, 3.05) is 0 Å². The molecule has 94 valence electrons. The second-order valence-electron chi connectivity index (χ2n) is 3.97. The number of hydrogen-bond acceptors (Lipinski definition) is 5. The van der Waals surface area contributed by atoms with Crippen molar-refractivity contribution in [3.63, 3.8) is 0 Å². The molecule has 0 bridgehead atoms. The molecule has 0 aromatic carbocycles. The van der Waals surface area contributed by atoms with E-state index in [0.717, 1.165) is 0 Å². The summed E-state index contributed by atoms with van der Waals surface area (Å²) in [6.45, 7) is 1.57. The molecule has 17 heavy (non-hydrogen) atoms. The van der Waals surface area contributed by atoms with Crippen molar-refractivity contribution in [1.82, 2.24) is 9.55 Å². The van der Waals surface area contributed by atoms with Crippen molar-refractivity contribution in [2.24, 2.45) is 18.5 Å². The van der Waals surface area contributed by atoms with Crippen LogP contribution in [-0.2, 0) is 18.3 Å². The van der Waals surface area contributed by atoms with E-state index in [9.17, 15) is 9.59 Å². The molecular weight excluding hydrogens is 224 g/mol. The van der Waals surface area contributed by atoms with E-state index in [4.69, 9.17) is 16.6 Å². The van der Waals surface area contributed by atoms with Crippen molar-refractivity contribution < 1.29 is 14.7 Å². The van der Waals surface area contributed by atoms with Gasteiger partial charge in [-0.15, -0.1) is 0 Å². The van der Waals surface area contributed by atoms with Gasteiger partial charge in [-0.1, -0.05) is 0 Å². The molecule has 7 heteroatoms. The highest BCUT2D eigenvalue weighted by Crippen LogP contribution is 2.06. The van der Waals surface area contributed by atoms with Crippen molar-refractivity contribution >= 4 is 11.8 Å². The van der Waals surface area contributed by atoms with Crippen molar-refractivity contribution in [1.29, 1.82) is 0 Å². The van der Waals surface area contributed by atoms with Gasteiger partial charge < -0.3 is 21.1 Å². The lowest BCUT2D eigenvalue weighted by Crippen LogP contribution is -2.32. The minimum absolute atomic E-state index is 0.0788. The summed E-state index contributed by atoms with van der Waals surface area (Å²) in [5.41, 5.74) is 11.3. The lowest BCUT2D eigenvalue weighted by Gasteiger charge is -2.03. The van der Waals surface area contributed by atoms with Crippen LogP contribution in [0.1, 0.15) is 23.2 Å². The topological polar surface area (TPSA) is 124 Å². The fourth-order valence-electron chi connectivity index (χ4n) is 1.37. The molecule has 1 aromatic heterocycles. The largest absolute Gasteiger partial charge is 0.480 e. The van der Waals surface area contributed by atoms with Gasteiger partial charge in [0.1, 0.15) is 6.04 Å². The Bertz CT molecular complexity index is 439. The van der Waals surface area contributed by atoms with Gasteiger partial charge in [0.2, 0.25) is 5.78 Å². The Kier molecular flexibility index (Phi) is 3.97. The number of Topliss-reactive ketones (excluding diaryl/α,β-unsaturated/α-hetero) is 1. The number of nitrogens with zero attached hydrogens (tertiary/aromatic N) is 2. The van der Waals surface area contributed by atoms with Crippen LogP contribution in [0.2, 0.25) is 0 Å². The van der Waals surface area contributed by atoms with Crippen molar-refractivity contribution in [3.05, 3.63) is 17.7 Å². The zero-order valence-corrected chi connectivity index (χ0v) is 9.75. The number of hydrogen-bond donors (Lipinski definition) is 3. The molecule has 0 aliphatic carbocycles. The van der Waals surface area contributed by atoms with Gasteiger partial charge in [-0.3, -0.25) is 9.59 Å². The van der Waals surface area contributed by atoms with E-state index in [1.54, 1.807) is 20.2 Å². The first kappa shape index (κ1) is 13.3. The number of nitrogens with two attached hydrogens (primary N) is 2. The Hall–Kier alpha value is -1.73. The normalized spacial score (nSPS) is 14.4. The number of imidazole rings is 1. The SMILES string of the molecule is CC(N)C(=O)c1nc(CC(N)C(=O)O)cn1C. The van der Waals surface area contributed by atoms with Gasteiger partial charge in [0, 0.05) is 19.7 Å². The van der Waals surface area contributed by atoms with Gasteiger partial charge in [0.25, 0.3) is 0 Å². The number of carbonyl (C=O) groups excluding carboxylic acids is 1. The molecule has 1 heterocycles. The van der Waals surface area contributed by atoms with Gasteiger partial charge in [0.15, 0.2) is 5.82 Å². The molecule has 0 radical (unpaired) electrons. The van der Waals surface area contributed by atoms with Gasteiger partial charge in [-0.25, -0.2) is 4.98 Å². The summed E-state index contributed by atoms with van der Waals surface area (Å²) >= 11 is 0. The Labute approximate surface area is 98.4 Å². The Morgan fingerprint density at radius 2 is 2.12 bits per heavy atom. The van der Waals surface area contributed by atoms with Crippen LogP contribution in [0.4, 0.5) is 0 Å². The summed E-state index contributed by atoms with van der Waals surface area (Å²) in [6.07, 6.45) is 1.66. The average Bonchev–Trinajstić information content (AvgIpc) is 2.57. The molecule has 0 spiro atoms. The second-order valence-corrected chi connectivity index (χ2v) is 3.97. The smallest absolute Gasteiger partial charge is 0.320 e. The standard InChI is InChI=1S/C10H16N4O3/c1-5(11)8(15)9-13-6(4-14(9)2)3-7(12)10(16)17/h4-5,7H,3,11-12H2,1-2H3,(H,16,17). The van der Waals surface area contributed by atoms with Crippen LogP contribution in [-0.4, -0.2) is 38.5 Å². The number of carboxylic acid groups (broad SMARTS) is 1. The zero-order chi connectivity index (χ0) is 13.2. The summed E-state index contributed by atoms with van der Waals surface area (Å²) in [4.78, 5) is 26.3. The fraction of sp³-hybridized carbons (Fsp3) is 0.500. The van der Waals surface area contributed by atoms with Gasteiger partial charge in [0.05, 0.1) is 11.7 Å². The Balaban J connectivity index is 2.89. The molecule has 0 amide bonds. The predicted octanol–water partition coefficient (Wildman–Crippen LogP) is -1.10.